The first-order valence-corrected chi connectivity index (χ1v) is 11.6. The summed E-state index contributed by atoms with van der Waals surface area (Å²) >= 11 is 0. The first kappa shape index (κ1) is 21.0. The third kappa shape index (κ3) is 1.88. The number of hydrogen-bond donors (Lipinski definition) is 5. The number of methoxy groups -OCH3 is 2. The highest BCUT2D eigenvalue weighted by Crippen LogP contribution is 2.78. The molecule has 1 spiro atoms. The van der Waals surface area contributed by atoms with Crippen LogP contribution in [0.15, 0.2) is 12.2 Å². The lowest BCUT2D eigenvalue weighted by molar-refractivity contribution is -0.309. The zero-order valence-corrected chi connectivity index (χ0v) is 18.4. The Morgan fingerprint density at radius 3 is 2.55 bits per heavy atom. The summed E-state index contributed by atoms with van der Waals surface area (Å²) in [7, 11) is 3.20. The fourth-order valence-electron chi connectivity index (χ4n) is 9.93. The molecule has 0 amide bonds. The van der Waals surface area contributed by atoms with E-state index in [1.165, 1.54) is 0 Å². The molecule has 13 atom stereocenters. The molecule has 13 unspecified atom stereocenters. The van der Waals surface area contributed by atoms with E-state index in [-0.39, 0.29) is 18.3 Å². The van der Waals surface area contributed by atoms with Gasteiger partial charge < -0.3 is 35.0 Å². The van der Waals surface area contributed by atoms with Gasteiger partial charge >= 0.3 is 0 Å². The lowest BCUT2D eigenvalue weighted by Gasteiger charge is -2.68. The van der Waals surface area contributed by atoms with Gasteiger partial charge in [0.05, 0.1) is 37.1 Å². The van der Waals surface area contributed by atoms with Crippen LogP contribution in [0.1, 0.15) is 19.8 Å². The second-order valence-electron chi connectivity index (χ2n) is 11.1. The first-order valence-electron chi connectivity index (χ1n) is 11.6. The van der Waals surface area contributed by atoms with Crippen molar-refractivity contribution in [3.8, 4) is 0 Å². The highest BCUT2D eigenvalue weighted by molar-refractivity contribution is 5.43. The van der Waals surface area contributed by atoms with Gasteiger partial charge in [0.1, 0.15) is 11.2 Å². The molecular formula is C23H35NO7. The molecule has 1 aliphatic heterocycles. The molecule has 174 valence electrons. The van der Waals surface area contributed by atoms with Crippen molar-refractivity contribution < 1.29 is 35.0 Å². The first-order chi connectivity index (χ1) is 14.7. The van der Waals surface area contributed by atoms with Gasteiger partial charge in [-0.15, -0.1) is 0 Å². The smallest absolute Gasteiger partial charge is 0.136 e. The summed E-state index contributed by atoms with van der Waals surface area (Å²) in [6.07, 6.45) is 1.10. The monoisotopic (exact) mass is 437 g/mol. The predicted molar refractivity (Wildman–Crippen MR) is 109 cm³/mol. The van der Waals surface area contributed by atoms with Gasteiger partial charge in [-0.05, 0) is 18.9 Å². The number of likely N-dealkylation sites (tertiary alicyclic amines) is 1. The minimum Gasteiger partial charge on any atom is -0.392 e. The van der Waals surface area contributed by atoms with Gasteiger partial charge in [0.2, 0.25) is 0 Å². The Bertz CT molecular complexity index is 824. The second kappa shape index (κ2) is 6.10. The molecule has 1 heterocycles. The third-order valence-corrected chi connectivity index (χ3v) is 10.6. The Morgan fingerprint density at radius 2 is 1.90 bits per heavy atom. The molecule has 31 heavy (non-hydrogen) atoms. The van der Waals surface area contributed by atoms with E-state index in [0.29, 0.717) is 26.1 Å². The molecule has 1 saturated heterocycles. The number of ether oxygens (including phenoxy) is 2. The number of hydrogen-bond acceptors (Lipinski definition) is 8. The van der Waals surface area contributed by atoms with E-state index in [1.54, 1.807) is 20.3 Å². The van der Waals surface area contributed by atoms with Crippen molar-refractivity contribution in [1.82, 2.24) is 4.90 Å². The maximum atomic E-state index is 12.4. The number of aliphatic hydroxyl groups excluding tert-OH is 3. The minimum atomic E-state index is -1.90. The molecule has 5 N–H and O–H groups in total. The van der Waals surface area contributed by atoms with Gasteiger partial charge in [0.25, 0.3) is 0 Å². The molecule has 4 saturated carbocycles. The van der Waals surface area contributed by atoms with Crippen LogP contribution in [-0.4, -0.2) is 106 Å². The van der Waals surface area contributed by atoms with Crippen molar-refractivity contribution in [3.63, 3.8) is 0 Å². The van der Waals surface area contributed by atoms with Crippen LogP contribution in [0.25, 0.3) is 0 Å². The van der Waals surface area contributed by atoms with E-state index in [0.717, 1.165) is 0 Å². The summed E-state index contributed by atoms with van der Waals surface area (Å²) in [5, 5.41) is 59.5. The van der Waals surface area contributed by atoms with Crippen LogP contribution >= 0.6 is 0 Å². The molecule has 5 fully saturated rings. The zero-order chi connectivity index (χ0) is 22.1. The lowest BCUT2D eigenvalue weighted by Crippen LogP contribution is -2.81. The quantitative estimate of drug-likeness (QED) is 0.346. The van der Waals surface area contributed by atoms with Crippen LogP contribution in [0, 0.1) is 34.5 Å². The van der Waals surface area contributed by atoms with Crippen molar-refractivity contribution in [1.29, 1.82) is 0 Å². The van der Waals surface area contributed by atoms with E-state index in [1.807, 2.05) is 13.0 Å². The Balaban J connectivity index is 1.67. The summed E-state index contributed by atoms with van der Waals surface area (Å²) < 4.78 is 11.3. The highest BCUT2D eigenvalue weighted by atomic mass is 16.5. The van der Waals surface area contributed by atoms with Crippen LogP contribution in [-0.2, 0) is 9.47 Å². The average molecular weight is 438 g/mol. The van der Waals surface area contributed by atoms with E-state index < -0.39 is 64.3 Å². The molecule has 5 aliphatic carbocycles. The van der Waals surface area contributed by atoms with Crippen molar-refractivity contribution in [2.45, 2.75) is 61.4 Å². The summed E-state index contributed by atoms with van der Waals surface area (Å²) in [6, 6.07) is -0.622. The van der Waals surface area contributed by atoms with Gasteiger partial charge in [-0.25, -0.2) is 0 Å². The summed E-state index contributed by atoms with van der Waals surface area (Å²) in [6.45, 7) is 3.53. The summed E-state index contributed by atoms with van der Waals surface area (Å²) in [4.78, 5) is 2.13. The summed E-state index contributed by atoms with van der Waals surface area (Å²) in [5.41, 5.74) is -5.09. The molecule has 8 heteroatoms. The van der Waals surface area contributed by atoms with Gasteiger partial charge in [0.15, 0.2) is 0 Å². The highest BCUT2D eigenvalue weighted by Gasteiger charge is 2.90. The Kier molecular flexibility index (Phi) is 4.13. The van der Waals surface area contributed by atoms with Crippen LogP contribution in [0.2, 0.25) is 0 Å². The lowest BCUT2D eigenvalue weighted by atomic mass is 9.44. The second-order valence-corrected chi connectivity index (χ2v) is 11.1. The molecule has 6 rings (SSSR count). The zero-order valence-electron chi connectivity index (χ0n) is 18.4. The molecule has 8 nitrogen and oxygen atoms in total. The van der Waals surface area contributed by atoms with E-state index >= 15 is 0 Å². The van der Waals surface area contributed by atoms with Crippen LogP contribution < -0.4 is 0 Å². The molecule has 0 aromatic carbocycles. The number of piperidine rings is 1. The standard InChI is InChI=1S/C23H35NO7/c1-4-24-9-20(10-30-2)6-5-14(25)22-12-7-11-13(31-3)8-21(28,15(12)16(11)26)23(29,19(22)24)18(27)17(20)22/h5-6,11-19,25-29H,4,7-10H2,1-3H3. The van der Waals surface area contributed by atoms with E-state index in [4.69, 9.17) is 9.47 Å². The summed E-state index contributed by atoms with van der Waals surface area (Å²) in [5.74, 6) is -1.52. The van der Waals surface area contributed by atoms with E-state index in [9.17, 15) is 25.5 Å². The average Bonchev–Trinajstić information content (AvgIpc) is 3.10. The van der Waals surface area contributed by atoms with Crippen LogP contribution in [0.5, 0.6) is 0 Å². The Labute approximate surface area is 182 Å². The molecule has 0 aromatic heterocycles. The number of likely N-dealkylation sites (N-methyl/N-ethyl adjacent to an activating group) is 1. The SMILES string of the molecule is CCN1CC2(COC)C=CC(O)C34C5CC6C(OC)CC(O)(C5C6O)C(O)(C(O)C23)C14. The van der Waals surface area contributed by atoms with Crippen molar-refractivity contribution in [3.05, 3.63) is 12.2 Å². The Morgan fingerprint density at radius 1 is 1.16 bits per heavy atom. The maximum absolute atomic E-state index is 12.4. The van der Waals surface area contributed by atoms with Crippen LogP contribution in [0.4, 0.5) is 0 Å². The van der Waals surface area contributed by atoms with E-state index in [2.05, 4.69) is 4.90 Å². The molecule has 7 bridgehead atoms. The largest absolute Gasteiger partial charge is 0.392 e. The van der Waals surface area contributed by atoms with Crippen molar-refractivity contribution in [2.24, 2.45) is 34.5 Å². The fraction of sp³-hybridized carbons (Fsp3) is 0.913. The van der Waals surface area contributed by atoms with Crippen LogP contribution in [0.3, 0.4) is 0 Å². The van der Waals surface area contributed by atoms with Crippen molar-refractivity contribution in [2.75, 3.05) is 33.9 Å². The topological polar surface area (TPSA) is 123 Å². The molecule has 6 aliphatic rings. The van der Waals surface area contributed by atoms with Gasteiger partial charge in [-0.2, -0.15) is 0 Å². The van der Waals surface area contributed by atoms with Gasteiger partial charge in [0, 0.05) is 55.8 Å². The molecule has 0 aromatic rings. The van der Waals surface area contributed by atoms with Gasteiger partial charge in [-0.1, -0.05) is 19.1 Å². The Hall–Kier alpha value is -0.580. The number of nitrogens with zero attached hydrogens (tertiary/aromatic N) is 1. The maximum Gasteiger partial charge on any atom is 0.136 e. The minimum absolute atomic E-state index is 0.164. The van der Waals surface area contributed by atoms with Gasteiger partial charge in [-0.3, -0.25) is 4.90 Å². The predicted octanol–water partition coefficient (Wildman–Crippen LogP) is -1.26. The number of fused-ring (bicyclic) bond motifs is 2. The fourth-order valence-corrected chi connectivity index (χ4v) is 9.93. The molecule has 0 radical (unpaired) electrons. The number of rotatable bonds is 4. The third-order valence-electron chi connectivity index (χ3n) is 10.6. The van der Waals surface area contributed by atoms with Crippen molar-refractivity contribution >= 4 is 0 Å². The normalized spacial score (nSPS) is 63.5. The molecular weight excluding hydrogens is 402 g/mol. The number of aliphatic hydroxyl groups is 5.